The summed E-state index contributed by atoms with van der Waals surface area (Å²) in [5, 5.41) is 0. The molecule has 3 aliphatic carbocycles. The normalized spacial score (nSPS) is 46.7. The van der Waals surface area contributed by atoms with Crippen LogP contribution in [0.1, 0.15) is 65.2 Å². The number of rotatable bonds is 2. The maximum atomic E-state index is 13.8. The molecule has 4 bridgehead atoms. The highest BCUT2D eigenvalue weighted by Crippen LogP contribution is 2.76. The molecule has 5 fully saturated rings. The van der Waals surface area contributed by atoms with Crippen molar-refractivity contribution in [2.24, 2.45) is 22.7 Å². The molecule has 0 N–H and O–H groups in total. The van der Waals surface area contributed by atoms with Crippen LogP contribution in [0.25, 0.3) is 0 Å². The van der Waals surface area contributed by atoms with Crippen LogP contribution in [0.5, 0.6) is 0 Å². The monoisotopic (exact) mass is 330 g/mol. The average molecular weight is 330 g/mol. The van der Waals surface area contributed by atoms with Crippen molar-refractivity contribution in [3.8, 4) is 0 Å². The molecular weight excluding hydrogens is 300 g/mol. The number of carbonyl (C=O) groups is 2. The fourth-order valence-corrected chi connectivity index (χ4v) is 6.90. The number of amides is 2. The molecule has 0 aromatic carbocycles. The molecule has 0 aromatic rings. The fourth-order valence-electron chi connectivity index (χ4n) is 6.90. The second kappa shape index (κ2) is 4.56. The van der Waals surface area contributed by atoms with Gasteiger partial charge in [0.15, 0.2) is 0 Å². The second-order valence-corrected chi connectivity index (χ2v) is 9.60. The van der Waals surface area contributed by atoms with Crippen molar-refractivity contribution in [3.05, 3.63) is 0 Å². The first-order valence-corrected chi connectivity index (χ1v) is 10.0. The SMILES string of the molecule is CC12CN(C(=O)C3CC3)C3(C(=O)N4CCCCC4)CC1CCC23C. The van der Waals surface area contributed by atoms with Gasteiger partial charge in [-0.1, -0.05) is 13.8 Å². The van der Waals surface area contributed by atoms with E-state index in [4.69, 9.17) is 0 Å². The van der Waals surface area contributed by atoms with E-state index in [0.29, 0.717) is 11.8 Å². The van der Waals surface area contributed by atoms with E-state index in [-0.39, 0.29) is 22.7 Å². The van der Waals surface area contributed by atoms with Crippen LogP contribution in [0.3, 0.4) is 0 Å². The summed E-state index contributed by atoms with van der Waals surface area (Å²) in [5.41, 5.74) is -0.408. The van der Waals surface area contributed by atoms with Crippen molar-refractivity contribution in [2.45, 2.75) is 70.8 Å². The molecule has 2 aliphatic heterocycles. The standard InChI is InChI=1S/C20H30N2O2/c1-18-13-22(16(23)14-6-7-14)20(12-15(18)8-9-19(18,20)2)17(24)21-10-4-3-5-11-21/h14-15H,3-13H2,1-2H3. The molecule has 5 rings (SSSR count). The molecule has 4 heteroatoms. The minimum Gasteiger partial charge on any atom is -0.341 e. The summed E-state index contributed by atoms with van der Waals surface area (Å²) in [5.74, 6) is 1.42. The predicted octanol–water partition coefficient (Wildman–Crippen LogP) is 2.82. The third kappa shape index (κ3) is 1.52. The Balaban J connectivity index is 1.58. The Hall–Kier alpha value is -1.06. The van der Waals surface area contributed by atoms with E-state index in [1.165, 1.54) is 12.8 Å². The topological polar surface area (TPSA) is 40.6 Å². The molecule has 5 aliphatic rings. The van der Waals surface area contributed by atoms with Gasteiger partial charge in [0.05, 0.1) is 0 Å². The van der Waals surface area contributed by atoms with Crippen molar-refractivity contribution in [1.29, 1.82) is 0 Å². The van der Waals surface area contributed by atoms with Gasteiger partial charge in [0.25, 0.3) is 0 Å². The summed E-state index contributed by atoms with van der Waals surface area (Å²) in [7, 11) is 0. The van der Waals surface area contributed by atoms with Gasteiger partial charge in [0.1, 0.15) is 5.54 Å². The van der Waals surface area contributed by atoms with Gasteiger partial charge >= 0.3 is 0 Å². The smallest absolute Gasteiger partial charge is 0.249 e. The van der Waals surface area contributed by atoms with Crippen LogP contribution in [0.15, 0.2) is 0 Å². The van der Waals surface area contributed by atoms with Crippen LogP contribution >= 0.6 is 0 Å². The highest BCUT2D eigenvalue weighted by molar-refractivity contribution is 5.96. The third-order valence-corrected chi connectivity index (χ3v) is 8.75. The zero-order chi connectivity index (χ0) is 16.7. The minimum absolute atomic E-state index is 0.0241. The highest BCUT2D eigenvalue weighted by Gasteiger charge is 2.81. The molecule has 4 unspecified atom stereocenters. The van der Waals surface area contributed by atoms with Gasteiger partial charge in [-0.05, 0) is 62.7 Å². The Morgan fingerprint density at radius 1 is 1.00 bits per heavy atom. The Kier molecular flexibility index (Phi) is 2.89. The van der Waals surface area contributed by atoms with Crippen LogP contribution in [-0.2, 0) is 9.59 Å². The Labute approximate surface area is 144 Å². The molecule has 132 valence electrons. The van der Waals surface area contributed by atoms with Crippen LogP contribution in [0.4, 0.5) is 0 Å². The summed E-state index contributed by atoms with van der Waals surface area (Å²) >= 11 is 0. The van der Waals surface area contributed by atoms with Crippen LogP contribution in [0, 0.1) is 22.7 Å². The average Bonchev–Trinajstić information content (AvgIpc) is 3.36. The number of nitrogens with zero attached hydrogens (tertiary/aromatic N) is 2. The van der Waals surface area contributed by atoms with Gasteiger partial charge < -0.3 is 9.80 Å². The van der Waals surface area contributed by atoms with E-state index in [1.807, 2.05) is 0 Å². The molecule has 2 heterocycles. The van der Waals surface area contributed by atoms with Gasteiger partial charge in [0, 0.05) is 31.0 Å². The lowest BCUT2D eigenvalue weighted by Crippen LogP contribution is -2.65. The zero-order valence-electron chi connectivity index (χ0n) is 15.1. The maximum absolute atomic E-state index is 13.8. The highest BCUT2D eigenvalue weighted by atomic mass is 16.2. The predicted molar refractivity (Wildman–Crippen MR) is 91.2 cm³/mol. The summed E-state index contributed by atoms with van der Waals surface area (Å²) in [4.78, 5) is 31.1. The van der Waals surface area contributed by atoms with E-state index in [9.17, 15) is 9.59 Å². The molecule has 2 saturated heterocycles. The molecule has 2 amide bonds. The van der Waals surface area contributed by atoms with Gasteiger partial charge in [-0.2, -0.15) is 0 Å². The lowest BCUT2D eigenvalue weighted by atomic mass is 9.65. The molecular formula is C20H30N2O2. The third-order valence-electron chi connectivity index (χ3n) is 8.75. The number of hydrogen-bond donors (Lipinski definition) is 0. The molecule has 0 spiro atoms. The zero-order valence-corrected chi connectivity index (χ0v) is 15.1. The number of carbonyl (C=O) groups excluding carboxylic acids is 2. The van der Waals surface area contributed by atoms with E-state index in [0.717, 1.165) is 58.2 Å². The minimum atomic E-state index is -0.526. The van der Waals surface area contributed by atoms with Crippen molar-refractivity contribution in [1.82, 2.24) is 9.80 Å². The first kappa shape index (κ1) is 15.2. The lowest BCUT2D eigenvalue weighted by Gasteiger charge is -2.49. The number of hydrogen-bond acceptors (Lipinski definition) is 2. The quantitative estimate of drug-likeness (QED) is 0.781. The van der Waals surface area contributed by atoms with Crippen molar-refractivity contribution < 1.29 is 9.59 Å². The van der Waals surface area contributed by atoms with Crippen LogP contribution in [0.2, 0.25) is 0 Å². The van der Waals surface area contributed by atoms with Crippen LogP contribution < -0.4 is 0 Å². The van der Waals surface area contributed by atoms with Gasteiger partial charge in [-0.3, -0.25) is 9.59 Å². The molecule has 3 saturated carbocycles. The van der Waals surface area contributed by atoms with E-state index < -0.39 is 5.54 Å². The van der Waals surface area contributed by atoms with E-state index in [1.54, 1.807) is 0 Å². The Bertz CT molecular complexity index is 609. The van der Waals surface area contributed by atoms with Gasteiger partial charge in [-0.15, -0.1) is 0 Å². The summed E-state index contributed by atoms with van der Waals surface area (Å²) in [6.07, 6.45) is 8.81. The van der Waals surface area contributed by atoms with E-state index >= 15 is 0 Å². The Morgan fingerprint density at radius 2 is 1.71 bits per heavy atom. The lowest BCUT2D eigenvalue weighted by molar-refractivity contribution is -0.160. The van der Waals surface area contributed by atoms with Crippen molar-refractivity contribution in [2.75, 3.05) is 19.6 Å². The number of piperidine rings is 2. The molecule has 0 aromatic heterocycles. The van der Waals surface area contributed by atoms with E-state index in [2.05, 4.69) is 23.6 Å². The molecule has 4 nitrogen and oxygen atoms in total. The van der Waals surface area contributed by atoms with Crippen molar-refractivity contribution in [3.63, 3.8) is 0 Å². The summed E-state index contributed by atoms with van der Waals surface area (Å²) < 4.78 is 0. The number of likely N-dealkylation sites (tertiary alicyclic amines) is 2. The fraction of sp³-hybridized carbons (Fsp3) is 0.900. The van der Waals surface area contributed by atoms with Gasteiger partial charge in [-0.25, -0.2) is 0 Å². The molecule has 24 heavy (non-hydrogen) atoms. The summed E-state index contributed by atoms with van der Waals surface area (Å²) in [6.45, 7) is 7.31. The van der Waals surface area contributed by atoms with Gasteiger partial charge in [0.2, 0.25) is 11.8 Å². The Morgan fingerprint density at radius 3 is 2.33 bits per heavy atom. The molecule has 0 radical (unpaired) electrons. The first-order chi connectivity index (χ1) is 11.4. The summed E-state index contributed by atoms with van der Waals surface area (Å²) in [6, 6.07) is 0. The largest absolute Gasteiger partial charge is 0.341 e. The maximum Gasteiger partial charge on any atom is 0.249 e. The van der Waals surface area contributed by atoms with Crippen LogP contribution in [-0.4, -0.2) is 46.8 Å². The second-order valence-electron chi connectivity index (χ2n) is 9.60. The first-order valence-electron chi connectivity index (χ1n) is 10.0. The van der Waals surface area contributed by atoms with Crippen molar-refractivity contribution >= 4 is 11.8 Å². The molecule has 4 atom stereocenters.